The Kier molecular flexibility index (Phi) is 3.43. The lowest BCUT2D eigenvalue weighted by atomic mass is 9.98. The van der Waals surface area contributed by atoms with Crippen LogP contribution in [0.5, 0.6) is 0 Å². The predicted octanol–water partition coefficient (Wildman–Crippen LogP) is 3.96. The van der Waals surface area contributed by atoms with Crippen molar-refractivity contribution in [3.63, 3.8) is 0 Å². The molecule has 0 saturated carbocycles. The Morgan fingerprint density at radius 1 is 0.917 bits per heavy atom. The molecule has 0 spiro atoms. The Labute approximate surface area is 138 Å². The number of nitrogens with one attached hydrogen (secondary N) is 1. The van der Waals surface area contributed by atoms with Crippen molar-refractivity contribution in [2.24, 2.45) is 0 Å². The molecule has 0 bridgehead atoms. The van der Waals surface area contributed by atoms with E-state index >= 15 is 0 Å². The van der Waals surface area contributed by atoms with E-state index in [0.717, 1.165) is 22.4 Å². The molecule has 0 aliphatic heterocycles. The molecule has 0 unspecified atom stereocenters. The van der Waals surface area contributed by atoms with Crippen molar-refractivity contribution >= 4 is 10.9 Å². The van der Waals surface area contributed by atoms with Gasteiger partial charge in [0, 0.05) is 17.3 Å². The number of benzene rings is 2. The highest BCUT2D eigenvalue weighted by atomic mass is 16.1. The highest BCUT2D eigenvalue weighted by Gasteiger charge is 2.10. The maximum atomic E-state index is 11.8. The van der Waals surface area contributed by atoms with Gasteiger partial charge in [-0.3, -0.25) is 9.78 Å². The van der Waals surface area contributed by atoms with Gasteiger partial charge < -0.3 is 4.98 Å². The zero-order valence-corrected chi connectivity index (χ0v) is 13.2. The van der Waals surface area contributed by atoms with Crippen molar-refractivity contribution in [3.8, 4) is 22.4 Å². The molecule has 2 aromatic carbocycles. The lowest BCUT2D eigenvalue weighted by Crippen LogP contribution is -2.05. The molecule has 24 heavy (non-hydrogen) atoms. The van der Waals surface area contributed by atoms with Gasteiger partial charge in [0.15, 0.2) is 0 Å². The molecule has 0 amide bonds. The first kappa shape index (κ1) is 14.3. The van der Waals surface area contributed by atoms with Crippen LogP contribution in [-0.4, -0.2) is 15.0 Å². The average molecular weight is 313 g/mol. The summed E-state index contributed by atoms with van der Waals surface area (Å²) in [5, 5.41) is 0.585. The van der Waals surface area contributed by atoms with E-state index in [2.05, 4.69) is 46.1 Å². The first-order chi connectivity index (χ1) is 11.7. The number of rotatable bonds is 2. The van der Waals surface area contributed by atoms with Crippen LogP contribution in [0.15, 0.2) is 71.9 Å². The van der Waals surface area contributed by atoms with Crippen LogP contribution in [0.3, 0.4) is 0 Å². The third-order valence-corrected chi connectivity index (χ3v) is 4.09. The monoisotopic (exact) mass is 313 g/mol. The third-order valence-electron chi connectivity index (χ3n) is 4.09. The van der Waals surface area contributed by atoms with Crippen LogP contribution in [0.2, 0.25) is 0 Å². The van der Waals surface area contributed by atoms with Crippen LogP contribution >= 0.6 is 0 Å². The highest BCUT2D eigenvalue weighted by Crippen LogP contribution is 2.31. The minimum absolute atomic E-state index is 0.128. The molecule has 4 rings (SSSR count). The molecule has 4 heteroatoms. The Bertz CT molecular complexity index is 1080. The van der Waals surface area contributed by atoms with Crippen molar-refractivity contribution < 1.29 is 0 Å². The van der Waals surface area contributed by atoms with Crippen LogP contribution in [0.1, 0.15) is 5.56 Å². The van der Waals surface area contributed by atoms with Gasteiger partial charge in [-0.2, -0.15) is 0 Å². The maximum absolute atomic E-state index is 11.8. The number of fused-ring (bicyclic) bond motifs is 1. The van der Waals surface area contributed by atoms with E-state index in [1.165, 1.54) is 11.9 Å². The summed E-state index contributed by atoms with van der Waals surface area (Å²) in [7, 11) is 0. The van der Waals surface area contributed by atoms with Crippen molar-refractivity contribution in [1.29, 1.82) is 0 Å². The third kappa shape index (κ3) is 2.48. The van der Waals surface area contributed by atoms with Gasteiger partial charge in [-0.15, -0.1) is 0 Å². The Hall–Kier alpha value is -3.27. The average Bonchev–Trinajstić information content (AvgIpc) is 2.62. The predicted molar refractivity (Wildman–Crippen MR) is 95.8 cm³/mol. The van der Waals surface area contributed by atoms with Gasteiger partial charge in [0.05, 0.1) is 22.9 Å². The number of pyridine rings is 1. The van der Waals surface area contributed by atoms with E-state index in [1.54, 1.807) is 6.20 Å². The van der Waals surface area contributed by atoms with Crippen LogP contribution in [-0.2, 0) is 0 Å². The minimum Gasteiger partial charge on any atom is -0.313 e. The number of aromatic nitrogens is 3. The Morgan fingerprint density at radius 3 is 2.54 bits per heavy atom. The smallest absolute Gasteiger partial charge is 0.258 e. The highest BCUT2D eigenvalue weighted by molar-refractivity contribution is 5.87. The van der Waals surface area contributed by atoms with Crippen molar-refractivity contribution in [1.82, 2.24) is 15.0 Å². The molecule has 0 aliphatic rings. The fourth-order valence-electron chi connectivity index (χ4n) is 2.82. The normalized spacial score (nSPS) is 10.9. The maximum Gasteiger partial charge on any atom is 0.258 e. The quantitative estimate of drug-likeness (QED) is 0.609. The van der Waals surface area contributed by atoms with Crippen molar-refractivity contribution in [2.75, 3.05) is 0 Å². The first-order valence-electron chi connectivity index (χ1n) is 7.72. The number of nitrogens with zero attached hydrogens (tertiary/aromatic N) is 2. The first-order valence-corrected chi connectivity index (χ1v) is 7.72. The Balaban J connectivity index is 1.91. The van der Waals surface area contributed by atoms with E-state index in [-0.39, 0.29) is 5.56 Å². The van der Waals surface area contributed by atoms with E-state index < -0.39 is 0 Å². The van der Waals surface area contributed by atoms with Crippen molar-refractivity contribution in [3.05, 3.63) is 83.0 Å². The van der Waals surface area contributed by atoms with Gasteiger partial charge in [-0.1, -0.05) is 42.0 Å². The number of H-pyrrole nitrogens is 1. The van der Waals surface area contributed by atoms with E-state index in [4.69, 9.17) is 0 Å². The molecule has 4 nitrogen and oxygen atoms in total. The molecule has 2 heterocycles. The van der Waals surface area contributed by atoms with Gasteiger partial charge in [-0.25, -0.2) is 4.98 Å². The van der Waals surface area contributed by atoms with Gasteiger partial charge in [0.1, 0.15) is 0 Å². The second-order valence-electron chi connectivity index (χ2n) is 5.73. The summed E-state index contributed by atoms with van der Waals surface area (Å²) in [4.78, 5) is 23.3. The van der Waals surface area contributed by atoms with Gasteiger partial charge in [-0.05, 0) is 30.7 Å². The zero-order valence-electron chi connectivity index (χ0n) is 13.2. The number of hydrogen-bond acceptors (Lipinski definition) is 3. The number of aromatic amines is 1. The van der Waals surface area contributed by atoms with Gasteiger partial charge in [0.25, 0.3) is 5.56 Å². The van der Waals surface area contributed by atoms with Crippen LogP contribution in [0.4, 0.5) is 0 Å². The summed E-state index contributed by atoms with van der Waals surface area (Å²) in [6, 6.07) is 17.9. The fourth-order valence-corrected chi connectivity index (χ4v) is 2.82. The van der Waals surface area contributed by atoms with E-state index in [0.29, 0.717) is 10.9 Å². The molecule has 0 aliphatic carbocycles. The lowest BCUT2D eigenvalue weighted by Gasteiger charge is -2.10. The summed E-state index contributed by atoms with van der Waals surface area (Å²) in [6.45, 7) is 2.07. The molecule has 0 fully saturated rings. The summed E-state index contributed by atoms with van der Waals surface area (Å²) < 4.78 is 0. The molecule has 4 aromatic rings. The largest absolute Gasteiger partial charge is 0.313 e. The second-order valence-corrected chi connectivity index (χ2v) is 5.73. The zero-order chi connectivity index (χ0) is 16.5. The molecular formula is C20H15N3O. The molecular weight excluding hydrogens is 298 g/mol. The van der Waals surface area contributed by atoms with Crippen LogP contribution in [0, 0.1) is 6.92 Å². The molecule has 116 valence electrons. The molecule has 0 atom stereocenters. The van der Waals surface area contributed by atoms with Gasteiger partial charge >= 0.3 is 0 Å². The molecule has 2 aromatic heterocycles. The molecule has 0 radical (unpaired) electrons. The second kappa shape index (κ2) is 5.74. The van der Waals surface area contributed by atoms with E-state index in [1.807, 2.05) is 30.3 Å². The summed E-state index contributed by atoms with van der Waals surface area (Å²) in [5.41, 5.74) is 5.75. The molecule has 1 N–H and O–H groups in total. The van der Waals surface area contributed by atoms with Gasteiger partial charge in [0.2, 0.25) is 0 Å². The Morgan fingerprint density at radius 2 is 1.71 bits per heavy atom. The van der Waals surface area contributed by atoms with Crippen LogP contribution in [0.25, 0.3) is 33.3 Å². The topological polar surface area (TPSA) is 58.6 Å². The SMILES string of the molecule is Cc1ccc(-c2ncccc2-c2ccc3c(=O)[nH]cnc3c2)cc1. The van der Waals surface area contributed by atoms with Crippen LogP contribution < -0.4 is 5.56 Å². The number of aryl methyl sites for hydroxylation is 1. The van der Waals surface area contributed by atoms with E-state index in [9.17, 15) is 4.79 Å². The summed E-state index contributed by atoms with van der Waals surface area (Å²) >= 11 is 0. The summed E-state index contributed by atoms with van der Waals surface area (Å²) in [5.74, 6) is 0. The fraction of sp³-hybridized carbons (Fsp3) is 0.0500. The van der Waals surface area contributed by atoms with Crippen molar-refractivity contribution in [2.45, 2.75) is 6.92 Å². The minimum atomic E-state index is -0.128. The molecule has 0 saturated heterocycles. The standard InChI is InChI=1S/C20H15N3O/c1-13-4-6-14(7-5-13)19-16(3-2-10-21-19)15-8-9-17-18(11-15)22-12-23-20(17)24/h2-12H,1H3,(H,22,23,24). The lowest BCUT2D eigenvalue weighted by molar-refractivity contribution is 1.17. The summed E-state index contributed by atoms with van der Waals surface area (Å²) in [6.07, 6.45) is 3.22. The number of hydrogen-bond donors (Lipinski definition) is 1.